The van der Waals surface area contributed by atoms with Gasteiger partial charge in [-0.25, -0.2) is 0 Å². The molecule has 0 bridgehead atoms. The molecule has 2 aliphatic carbocycles. The summed E-state index contributed by atoms with van der Waals surface area (Å²) in [5, 5.41) is 9.29. The molecule has 168 valence electrons. The molecule has 2 aliphatic rings. The van der Waals surface area contributed by atoms with Gasteiger partial charge in [-0.1, -0.05) is 63.8 Å². The van der Waals surface area contributed by atoms with Crippen LogP contribution in [0.5, 0.6) is 0 Å². The number of hydrogen-bond donors (Lipinski definition) is 1. The lowest BCUT2D eigenvalue weighted by Crippen LogP contribution is -2.35. The first-order valence-corrected chi connectivity index (χ1v) is 12.9. The third kappa shape index (κ3) is 5.89. The number of aliphatic carboxylic acids is 1. The predicted octanol–water partition coefficient (Wildman–Crippen LogP) is 7.93. The monoisotopic (exact) mass is 412 g/mol. The van der Waals surface area contributed by atoms with Gasteiger partial charge in [0.15, 0.2) is 0 Å². The van der Waals surface area contributed by atoms with E-state index in [1.54, 1.807) is 5.56 Å². The number of benzene rings is 1. The topological polar surface area (TPSA) is 37.3 Å². The van der Waals surface area contributed by atoms with Crippen molar-refractivity contribution in [2.75, 3.05) is 0 Å². The fourth-order valence-corrected chi connectivity index (χ4v) is 6.30. The van der Waals surface area contributed by atoms with Gasteiger partial charge < -0.3 is 5.11 Å². The van der Waals surface area contributed by atoms with Gasteiger partial charge in [-0.2, -0.15) is 0 Å². The highest BCUT2D eigenvalue weighted by Crippen LogP contribution is 2.49. The highest BCUT2D eigenvalue weighted by molar-refractivity contribution is 5.69. The van der Waals surface area contributed by atoms with Crippen LogP contribution in [-0.2, 0) is 16.6 Å². The number of carboxylic acids is 1. The van der Waals surface area contributed by atoms with Crippen molar-refractivity contribution >= 4 is 5.97 Å². The summed E-state index contributed by atoms with van der Waals surface area (Å²) in [6.07, 6.45) is 18.5. The van der Waals surface area contributed by atoms with Crippen LogP contribution in [0.25, 0.3) is 0 Å². The zero-order chi connectivity index (χ0) is 21.4. The van der Waals surface area contributed by atoms with Crippen LogP contribution in [-0.4, -0.2) is 11.1 Å². The van der Waals surface area contributed by atoms with Crippen molar-refractivity contribution in [2.24, 2.45) is 17.8 Å². The number of hydrogen-bond acceptors (Lipinski definition) is 1. The quantitative estimate of drug-likeness (QED) is 0.396. The second-order valence-corrected chi connectivity index (χ2v) is 10.3. The summed E-state index contributed by atoms with van der Waals surface area (Å²) in [6.45, 7) is 4.59. The summed E-state index contributed by atoms with van der Waals surface area (Å²) in [5.74, 6) is 0.937. The molecule has 1 aromatic carbocycles. The van der Waals surface area contributed by atoms with Gasteiger partial charge in [-0.3, -0.25) is 4.79 Å². The molecule has 0 aliphatic heterocycles. The first-order chi connectivity index (χ1) is 14.6. The van der Waals surface area contributed by atoms with E-state index in [0.29, 0.717) is 5.41 Å². The van der Waals surface area contributed by atoms with Gasteiger partial charge in [0, 0.05) is 0 Å². The summed E-state index contributed by atoms with van der Waals surface area (Å²) in [7, 11) is 0. The molecule has 2 saturated carbocycles. The minimum atomic E-state index is -0.575. The Labute approximate surface area is 184 Å². The average Bonchev–Trinajstić information content (AvgIpc) is 2.79. The van der Waals surface area contributed by atoms with Crippen LogP contribution in [0.1, 0.15) is 115 Å². The molecular formula is C28H44O2. The maximum atomic E-state index is 11.3. The van der Waals surface area contributed by atoms with Crippen molar-refractivity contribution in [3.8, 4) is 0 Å². The van der Waals surface area contributed by atoms with Crippen LogP contribution in [0.2, 0.25) is 0 Å². The van der Waals surface area contributed by atoms with Gasteiger partial charge >= 0.3 is 5.97 Å². The fourth-order valence-electron chi connectivity index (χ4n) is 6.30. The minimum absolute atomic E-state index is 0.0793. The molecule has 2 fully saturated rings. The van der Waals surface area contributed by atoms with E-state index >= 15 is 0 Å². The van der Waals surface area contributed by atoms with Crippen molar-refractivity contribution in [1.29, 1.82) is 0 Å². The number of rotatable bonds is 10. The van der Waals surface area contributed by atoms with Crippen molar-refractivity contribution in [3.63, 3.8) is 0 Å². The summed E-state index contributed by atoms with van der Waals surface area (Å²) < 4.78 is 0. The highest BCUT2D eigenvalue weighted by atomic mass is 16.4. The SMILES string of the molecule is CCCCCc1ccc(C2(CCCC)CCC(C3CCC(C(=O)O)CC3)CC2)cc1. The molecule has 0 saturated heterocycles. The number of carboxylic acid groups (broad SMARTS) is 1. The van der Waals surface area contributed by atoms with E-state index in [0.717, 1.165) is 37.5 Å². The molecule has 1 N–H and O–H groups in total. The molecule has 30 heavy (non-hydrogen) atoms. The molecule has 2 heteroatoms. The van der Waals surface area contributed by atoms with E-state index in [4.69, 9.17) is 0 Å². The molecule has 3 rings (SSSR count). The smallest absolute Gasteiger partial charge is 0.306 e. The Hall–Kier alpha value is -1.31. The van der Waals surface area contributed by atoms with Crippen molar-refractivity contribution in [2.45, 2.75) is 116 Å². The molecule has 0 heterocycles. The summed E-state index contributed by atoms with van der Waals surface area (Å²) in [6, 6.07) is 9.71. The Morgan fingerprint density at radius 2 is 1.47 bits per heavy atom. The summed E-state index contributed by atoms with van der Waals surface area (Å²) in [5.41, 5.74) is 3.47. The Morgan fingerprint density at radius 1 is 0.867 bits per heavy atom. The maximum Gasteiger partial charge on any atom is 0.306 e. The fraction of sp³-hybridized carbons (Fsp3) is 0.750. The van der Waals surface area contributed by atoms with Gasteiger partial charge in [-0.05, 0) is 99.0 Å². The third-order valence-corrected chi connectivity index (χ3v) is 8.42. The summed E-state index contributed by atoms with van der Waals surface area (Å²) in [4.78, 5) is 11.3. The maximum absolute atomic E-state index is 11.3. The van der Waals surface area contributed by atoms with Crippen molar-refractivity contribution < 1.29 is 9.90 Å². The lowest BCUT2D eigenvalue weighted by atomic mass is 9.61. The second kappa shape index (κ2) is 11.3. The Balaban J connectivity index is 1.61. The standard InChI is InChI=1S/C28H44O2/c1-3-5-7-8-22-9-15-26(16-10-22)28(19-6-4-2)20-17-24(18-21-28)23-11-13-25(14-12-23)27(29)30/h9-10,15-16,23-25H,3-8,11-14,17-21H2,1-2H3,(H,29,30). The third-order valence-electron chi connectivity index (χ3n) is 8.42. The van der Waals surface area contributed by atoms with Crippen LogP contribution in [0, 0.1) is 17.8 Å². The molecule has 0 spiro atoms. The lowest BCUT2D eigenvalue weighted by Gasteiger charge is -2.44. The molecule has 1 aromatic rings. The predicted molar refractivity (Wildman–Crippen MR) is 126 cm³/mol. The molecule has 0 unspecified atom stereocenters. The van der Waals surface area contributed by atoms with Crippen molar-refractivity contribution in [3.05, 3.63) is 35.4 Å². The Bertz CT molecular complexity index is 631. The normalized spacial score (nSPS) is 29.6. The first-order valence-electron chi connectivity index (χ1n) is 12.9. The molecule has 0 atom stereocenters. The van der Waals surface area contributed by atoms with E-state index < -0.39 is 5.97 Å². The largest absolute Gasteiger partial charge is 0.481 e. The van der Waals surface area contributed by atoms with E-state index in [1.807, 2.05) is 0 Å². The van der Waals surface area contributed by atoms with E-state index in [9.17, 15) is 9.90 Å². The van der Waals surface area contributed by atoms with Gasteiger partial charge in [0.1, 0.15) is 0 Å². The van der Waals surface area contributed by atoms with Crippen LogP contribution in [0.3, 0.4) is 0 Å². The molecular weight excluding hydrogens is 368 g/mol. The van der Waals surface area contributed by atoms with Gasteiger partial charge in [0.05, 0.1) is 5.92 Å². The Kier molecular flexibility index (Phi) is 8.84. The molecule has 2 nitrogen and oxygen atoms in total. The number of unbranched alkanes of at least 4 members (excludes halogenated alkanes) is 3. The van der Waals surface area contributed by atoms with E-state index in [1.165, 1.54) is 76.2 Å². The zero-order valence-electron chi connectivity index (χ0n) is 19.5. The van der Waals surface area contributed by atoms with Gasteiger partial charge in [0.2, 0.25) is 0 Å². The summed E-state index contributed by atoms with van der Waals surface area (Å²) >= 11 is 0. The van der Waals surface area contributed by atoms with Crippen LogP contribution < -0.4 is 0 Å². The van der Waals surface area contributed by atoms with Crippen LogP contribution in [0.4, 0.5) is 0 Å². The van der Waals surface area contributed by atoms with Crippen molar-refractivity contribution in [1.82, 2.24) is 0 Å². The van der Waals surface area contributed by atoms with E-state index in [2.05, 4.69) is 38.1 Å². The van der Waals surface area contributed by atoms with Crippen LogP contribution in [0.15, 0.2) is 24.3 Å². The molecule has 0 radical (unpaired) electrons. The van der Waals surface area contributed by atoms with Crippen LogP contribution >= 0.6 is 0 Å². The molecule has 0 amide bonds. The lowest BCUT2D eigenvalue weighted by molar-refractivity contribution is -0.143. The number of carbonyl (C=O) groups is 1. The highest BCUT2D eigenvalue weighted by Gasteiger charge is 2.39. The van der Waals surface area contributed by atoms with E-state index in [-0.39, 0.29) is 5.92 Å². The molecule has 0 aromatic heterocycles. The second-order valence-electron chi connectivity index (χ2n) is 10.3. The minimum Gasteiger partial charge on any atom is -0.481 e. The first kappa shape index (κ1) is 23.4. The van der Waals surface area contributed by atoms with Gasteiger partial charge in [-0.15, -0.1) is 0 Å². The zero-order valence-corrected chi connectivity index (χ0v) is 19.5. The average molecular weight is 413 g/mol. The van der Waals surface area contributed by atoms with Gasteiger partial charge in [0.25, 0.3) is 0 Å². The number of aryl methyl sites for hydroxylation is 1. The Morgan fingerprint density at radius 3 is 2.03 bits per heavy atom.